The van der Waals surface area contributed by atoms with Crippen LogP contribution < -0.4 is 10.5 Å². The number of ketones is 1. The van der Waals surface area contributed by atoms with Crippen LogP contribution in [0.1, 0.15) is 62.7 Å². The number of benzene rings is 2. The number of aromatic nitrogens is 1. The molecule has 0 aliphatic heterocycles. The highest BCUT2D eigenvalue weighted by Gasteiger charge is 2.25. The summed E-state index contributed by atoms with van der Waals surface area (Å²) in [6, 6.07) is 17.9. The second-order valence-electron chi connectivity index (χ2n) is 9.03. The topological polar surface area (TPSA) is 94.6 Å². The van der Waals surface area contributed by atoms with E-state index in [-0.39, 0.29) is 24.8 Å². The second-order valence-corrected chi connectivity index (χ2v) is 9.03. The molecule has 0 fully saturated rings. The Kier molecular flexibility index (Phi) is 8.47. The number of nitrogens with zero attached hydrogens (tertiary/aromatic N) is 2. The molecule has 0 atom stereocenters. The molecule has 2 N–H and O–H groups in total. The fourth-order valence-electron chi connectivity index (χ4n) is 3.97. The molecule has 1 heterocycles. The minimum Gasteiger partial charge on any atom is -0.497 e. The largest absolute Gasteiger partial charge is 0.497 e. The van der Waals surface area contributed by atoms with Crippen LogP contribution in [-0.4, -0.2) is 40.7 Å². The Morgan fingerprint density at radius 1 is 1.03 bits per heavy atom. The van der Waals surface area contributed by atoms with E-state index >= 15 is 0 Å². The highest BCUT2D eigenvalue weighted by molar-refractivity contribution is 6.04. The lowest BCUT2D eigenvalue weighted by atomic mass is 10.1. The van der Waals surface area contributed by atoms with Gasteiger partial charge in [0.2, 0.25) is 0 Å². The summed E-state index contributed by atoms with van der Waals surface area (Å²) in [5, 5.41) is 0. The van der Waals surface area contributed by atoms with E-state index in [1.165, 1.54) is 4.90 Å². The third-order valence-electron chi connectivity index (χ3n) is 6.02. The maximum Gasteiger partial charge on any atom is 0.254 e. The fourth-order valence-corrected chi connectivity index (χ4v) is 3.97. The molecule has 0 spiro atoms. The van der Waals surface area contributed by atoms with E-state index in [0.717, 1.165) is 12.0 Å². The van der Waals surface area contributed by atoms with Crippen molar-refractivity contribution in [1.29, 1.82) is 0 Å². The lowest BCUT2D eigenvalue weighted by Gasteiger charge is -2.23. The summed E-state index contributed by atoms with van der Waals surface area (Å²) >= 11 is 0. The number of carbonyl (C=O) groups excluding carboxylic acids is 3. The van der Waals surface area contributed by atoms with Crippen molar-refractivity contribution in [2.45, 2.75) is 40.3 Å². The third-order valence-corrected chi connectivity index (χ3v) is 6.02. The van der Waals surface area contributed by atoms with Gasteiger partial charge in [0, 0.05) is 24.3 Å². The molecule has 7 nitrogen and oxygen atoms in total. The molecule has 184 valence electrons. The Hall–Kier alpha value is -3.87. The van der Waals surface area contributed by atoms with Crippen LogP contribution in [0.15, 0.2) is 60.7 Å². The molecule has 0 saturated heterocycles. The zero-order valence-corrected chi connectivity index (χ0v) is 20.8. The average Bonchev–Trinajstić information content (AvgIpc) is 3.19. The summed E-state index contributed by atoms with van der Waals surface area (Å²) < 4.78 is 7.04. The van der Waals surface area contributed by atoms with E-state index < -0.39 is 5.91 Å². The quantitative estimate of drug-likeness (QED) is 0.414. The van der Waals surface area contributed by atoms with Gasteiger partial charge in [-0.25, -0.2) is 0 Å². The Bertz CT molecular complexity index is 1180. The number of methoxy groups -OCH3 is 1. The summed E-state index contributed by atoms with van der Waals surface area (Å²) in [6.07, 6.45) is 0.840. The standard InChI is InChI=1S/C28H33N3O4/c1-19(2)14-15-31-20(3)24(27(29)33)16-25(31)26(32)18-30(17-21-8-6-5-7-9-21)28(34)22-10-12-23(35-4)13-11-22/h5-13,16,19H,14-15,17-18H2,1-4H3,(H2,29,33). The molecular formula is C28H33N3O4. The van der Waals surface area contributed by atoms with Crippen molar-refractivity contribution >= 4 is 17.6 Å². The molecule has 2 amide bonds. The van der Waals surface area contributed by atoms with Gasteiger partial charge in [0.1, 0.15) is 5.75 Å². The SMILES string of the molecule is COc1ccc(C(=O)N(CC(=O)c2cc(C(N)=O)c(C)n2CCC(C)C)Cc2ccccc2)cc1. The first-order valence-corrected chi connectivity index (χ1v) is 11.7. The monoisotopic (exact) mass is 475 g/mol. The lowest BCUT2D eigenvalue weighted by molar-refractivity contribution is 0.0695. The number of nitrogens with two attached hydrogens (primary N) is 1. The van der Waals surface area contributed by atoms with E-state index in [9.17, 15) is 14.4 Å². The molecule has 2 aromatic carbocycles. The minimum atomic E-state index is -0.574. The molecule has 35 heavy (non-hydrogen) atoms. The lowest BCUT2D eigenvalue weighted by Crippen LogP contribution is -2.36. The fraction of sp³-hybridized carbons (Fsp3) is 0.321. The van der Waals surface area contributed by atoms with Crippen molar-refractivity contribution in [3.8, 4) is 5.75 Å². The number of hydrogen-bond acceptors (Lipinski definition) is 4. The second kappa shape index (κ2) is 11.5. The van der Waals surface area contributed by atoms with Crippen LogP contribution in [0, 0.1) is 12.8 Å². The zero-order chi connectivity index (χ0) is 25.5. The molecule has 0 radical (unpaired) electrons. The molecule has 7 heteroatoms. The molecule has 0 aliphatic carbocycles. The normalized spacial score (nSPS) is 10.9. The van der Waals surface area contributed by atoms with Crippen molar-refractivity contribution in [1.82, 2.24) is 9.47 Å². The molecule has 0 aliphatic rings. The van der Waals surface area contributed by atoms with Crippen molar-refractivity contribution in [3.05, 3.63) is 88.7 Å². The first-order chi connectivity index (χ1) is 16.7. The van der Waals surface area contributed by atoms with Crippen LogP contribution in [0.3, 0.4) is 0 Å². The van der Waals surface area contributed by atoms with Gasteiger partial charge in [-0.15, -0.1) is 0 Å². The smallest absolute Gasteiger partial charge is 0.254 e. The summed E-state index contributed by atoms with van der Waals surface area (Å²) in [4.78, 5) is 40.5. The summed E-state index contributed by atoms with van der Waals surface area (Å²) in [7, 11) is 1.56. The predicted octanol–water partition coefficient (Wildman–Crippen LogP) is 4.48. The summed E-state index contributed by atoms with van der Waals surface area (Å²) in [5.74, 6) is -0.0258. The third kappa shape index (κ3) is 6.38. The number of amides is 2. The Morgan fingerprint density at radius 2 is 1.69 bits per heavy atom. The van der Waals surface area contributed by atoms with Crippen molar-refractivity contribution in [3.63, 3.8) is 0 Å². The van der Waals surface area contributed by atoms with E-state index in [1.54, 1.807) is 44.4 Å². The summed E-state index contributed by atoms with van der Waals surface area (Å²) in [5.41, 5.74) is 8.31. The molecule has 3 rings (SSSR count). The number of rotatable bonds is 11. The van der Waals surface area contributed by atoms with Crippen LogP contribution in [0.5, 0.6) is 5.75 Å². The average molecular weight is 476 g/mol. The highest BCUT2D eigenvalue weighted by atomic mass is 16.5. The van der Waals surface area contributed by atoms with Crippen molar-refractivity contribution < 1.29 is 19.1 Å². The van der Waals surface area contributed by atoms with Crippen LogP contribution in [-0.2, 0) is 13.1 Å². The molecule has 0 saturated carbocycles. The van der Waals surface area contributed by atoms with Gasteiger partial charge in [-0.1, -0.05) is 44.2 Å². The highest BCUT2D eigenvalue weighted by Crippen LogP contribution is 2.20. The minimum absolute atomic E-state index is 0.136. The van der Waals surface area contributed by atoms with E-state index in [0.29, 0.717) is 40.7 Å². The van der Waals surface area contributed by atoms with E-state index in [2.05, 4.69) is 13.8 Å². The maximum absolute atomic E-state index is 13.5. The number of carbonyl (C=O) groups is 3. The molecular weight excluding hydrogens is 442 g/mol. The van der Waals surface area contributed by atoms with Crippen LogP contribution in [0.2, 0.25) is 0 Å². The first kappa shape index (κ1) is 25.7. The number of ether oxygens (including phenoxy) is 1. The van der Waals surface area contributed by atoms with Gasteiger partial charge < -0.3 is 19.9 Å². The Morgan fingerprint density at radius 3 is 2.26 bits per heavy atom. The Balaban J connectivity index is 1.94. The van der Waals surface area contributed by atoms with Gasteiger partial charge in [0.15, 0.2) is 5.78 Å². The van der Waals surface area contributed by atoms with Crippen LogP contribution in [0.25, 0.3) is 0 Å². The number of primary amides is 1. The van der Waals surface area contributed by atoms with Crippen molar-refractivity contribution in [2.75, 3.05) is 13.7 Å². The maximum atomic E-state index is 13.5. The van der Waals surface area contributed by atoms with Crippen molar-refractivity contribution in [2.24, 2.45) is 11.7 Å². The van der Waals surface area contributed by atoms with Gasteiger partial charge >= 0.3 is 0 Å². The molecule has 1 aromatic heterocycles. The number of Topliss-reactive ketones (excluding diaryl/α,β-unsaturated/α-hetero) is 1. The van der Waals surface area contributed by atoms with Crippen LogP contribution >= 0.6 is 0 Å². The van der Waals surface area contributed by atoms with Gasteiger partial charge in [0.25, 0.3) is 11.8 Å². The zero-order valence-electron chi connectivity index (χ0n) is 20.8. The Labute approximate surface area is 206 Å². The summed E-state index contributed by atoms with van der Waals surface area (Å²) in [6.45, 7) is 6.72. The van der Waals surface area contributed by atoms with Gasteiger partial charge in [0.05, 0.1) is 24.9 Å². The molecule has 0 unspecified atom stereocenters. The first-order valence-electron chi connectivity index (χ1n) is 11.7. The van der Waals surface area contributed by atoms with Gasteiger partial charge in [-0.3, -0.25) is 14.4 Å². The van der Waals surface area contributed by atoms with Gasteiger partial charge in [-0.2, -0.15) is 0 Å². The molecule has 3 aromatic rings. The van der Waals surface area contributed by atoms with Gasteiger partial charge in [-0.05, 0) is 55.2 Å². The predicted molar refractivity (Wildman–Crippen MR) is 136 cm³/mol. The number of hydrogen-bond donors (Lipinski definition) is 1. The van der Waals surface area contributed by atoms with E-state index in [1.807, 2.05) is 34.9 Å². The van der Waals surface area contributed by atoms with Crippen LogP contribution in [0.4, 0.5) is 0 Å². The van der Waals surface area contributed by atoms with E-state index in [4.69, 9.17) is 10.5 Å². The molecule has 0 bridgehead atoms.